The summed E-state index contributed by atoms with van der Waals surface area (Å²) in [6.07, 6.45) is 7.10. The van der Waals surface area contributed by atoms with E-state index < -0.39 is 0 Å². The first-order chi connectivity index (χ1) is 8.65. The summed E-state index contributed by atoms with van der Waals surface area (Å²) >= 11 is 3.21. The molecule has 3 N–H and O–H groups in total. The zero-order valence-electron chi connectivity index (χ0n) is 10.2. The minimum Gasteiger partial charge on any atom is -0.366 e. The second-order valence-corrected chi connectivity index (χ2v) is 5.36. The highest BCUT2D eigenvalue weighted by molar-refractivity contribution is 9.10. The van der Waals surface area contributed by atoms with Crippen molar-refractivity contribution in [1.82, 2.24) is 20.1 Å². The summed E-state index contributed by atoms with van der Waals surface area (Å²) in [7, 11) is 0. The average molecular weight is 316 g/mol. The van der Waals surface area contributed by atoms with E-state index in [1.807, 2.05) is 0 Å². The highest BCUT2D eigenvalue weighted by atomic mass is 79.9. The van der Waals surface area contributed by atoms with Crippen molar-refractivity contribution < 1.29 is 4.79 Å². The van der Waals surface area contributed by atoms with Gasteiger partial charge >= 0.3 is 0 Å². The topological polar surface area (TPSA) is 85.8 Å². The maximum Gasteiger partial charge on any atom is 0.242 e. The van der Waals surface area contributed by atoms with Gasteiger partial charge in [0.05, 0.1) is 0 Å². The van der Waals surface area contributed by atoms with Crippen LogP contribution in [0.2, 0.25) is 0 Å². The van der Waals surface area contributed by atoms with Crippen LogP contribution in [0.15, 0.2) is 4.73 Å². The molecular formula is C11H18BrN5O. The second-order valence-electron chi connectivity index (χ2n) is 4.65. The van der Waals surface area contributed by atoms with Gasteiger partial charge in [-0.3, -0.25) is 4.79 Å². The molecule has 1 heterocycles. The fourth-order valence-electron chi connectivity index (χ4n) is 2.27. The number of aromatic nitrogens is 3. The molecule has 0 saturated heterocycles. The number of rotatable bonds is 3. The first-order valence-corrected chi connectivity index (χ1v) is 7.09. The quantitative estimate of drug-likeness (QED) is 0.827. The number of carbonyl (C=O) groups excluding carboxylic acids is 1. The van der Waals surface area contributed by atoms with Crippen LogP contribution in [0.1, 0.15) is 38.5 Å². The number of carbonyl (C=O) groups is 1. The summed E-state index contributed by atoms with van der Waals surface area (Å²) in [5.74, 6) is 0.136. The Morgan fingerprint density at radius 2 is 2.06 bits per heavy atom. The van der Waals surface area contributed by atoms with Gasteiger partial charge in [0.15, 0.2) is 4.73 Å². The van der Waals surface area contributed by atoms with Crippen molar-refractivity contribution in [2.75, 3.05) is 5.73 Å². The zero-order valence-corrected chi connectivity index (χ0v) is 11.8. The monoisotopic (exact) mass is 315 g/mol. The van der Waals surface area contributed by atoms with E-state index in [-0.39, 0.29) is 18.4 Å². The van der Waals surface area contributed by atoms with Crippen LogP contribution in [0.4, 0.5) is 5.95 Å². The highest BCUT2D eigenvalue weighted by Gasteiger charge is 2.16. The van der Waals surface area contributed by atoms with Crippen molar-refractivity contribution in [3.63, 3.8) is 0 Å². The predicted octanol–water partition coefficient (Wildman–Crippen LogP) is 1.46. The average Bonchev–Trinajstić information content (AvgIpc) is 2.54. The van der Waals surface area contributed by atoms with Crippen molar-refractivity contribution in [1.29, 1.82) is 0 Å². The molecule has 0 aromatic carbocycles. The first kappa shape index (κ1) is 13.3. The number of nitrogens with two attached hydrogens (primary N) is 1. The molecule has 0 bridgehead atoms. The highest BCUT2D eigenvalue weighted by Crippen LogP contribution is 2.17. The Labute approximate surface area is 114 Å². The standard InChI is InChI=1S/C11H18BrN5O/c12-10-15-11(13)16-17(10)7-9(18)14-8-5-3-1-2-4-6-8/h8H,1-7H2,(H2,13,16)(H,14,18). The van der Waals surface area contributed by atoms with Gasteiger partial charge < -0.3 is 11.1 Å². The Kier molecular flexibility index (Phi) is 4.57. The lowest BCUT2D eigenvalue weighted by Crippen LogP contribution is -2.36. The predicted molar refractivity (Wildman–Crippen MR) is 71.8 cm³/mol. The SMILES string of the molecule is Nc1nc(Br)n(CC(=O)NC2CCCCCC2)n1. The number of hydrogen-bond acceptors (Lipinski definition) is 4. The Morgan fingerprint density at radius 3 is 2.61 bits per heavy atom. The smallest absolute Gasteiger partial charge is 0.242 e. The third-order valence-corrected chi connectivity index (χ3v) is 3.74. The number of amides is 1. The van der Waals surface area contributed by atoms with Crippen molar-refractivity contribution >= 4 is 27.8 Å². The van der Waals surface area contributed by atoms with Gasteiger partial charge in [0.25, 0.3) is 0 Å². The number of nitrogens with one attached hydrogen (secondary N) is 1. The molecule has 1 saturated carbocycles. The molecule has 1 aromatic rings. The van der Waals surface area contributed by atoms with E-state index in [1.54, 1.807) is 0 Å². The molecule has 0 spiro atoms. The van der Waals surface area contributed by atoms with E-state index in [1.165, 1.54) is 30.4 Å². The summed E-state index contributed by atoms with van der Waals surface area (Å²) in [5.41, 5.74) is 5.46. The summed E-state index contributed by atoms with van der Waals surface area (Å²) in [6, 6.07) is 0.305. The molecule has 7 heteroatoms. The van der Waals surface area contributed by atoms with E-state index in [0.717, 1.165) is 12.8 Å². The molecule has 1 aliphatic rings. The fraction of sp³-hybridized carbons (Fsp3) is 0.727. The first-order valence-electron chi connectivity index (χ1n) is 6.30. The van der Waals surface area contributed by atoms with Gasteiger partial charge in [0.2, 0.25) is 11.9 Å². The lowest BCUT2D eigenvalue weighted by molar-refractivity contribution is -0.122. The van der Waals surface area contributed by atoms with Gasteiger partial charge in [-0.25, -0.2) is 4.68 Å². The molecule has 1 aliphatic carbocycles. The van der Waals surface area contributed by atoms with Crippen LogP contribution in [-0.2, 0) is 11.3 Å². The van der Waals surface area contributed by atoms with E-state index in [9.17, 15) is 4.79 Å². The van der Waals surface area contributed by atoms with Crippen molar-refractivity contribution in [2.45, 2.75) is 51.1 Å². The van der Waals surface area contributed by atoms with Gasteiger partial charge in [-0.2, -0.15) is 4.98 Å². The van der Waals surface area contributed by atoms with Crippen LogP contribution < -0.4 is 11.1 Å². The van der Waals surface area contributed by atoms with E-state index in [2.05, 4.69) is 31.3 Å². The largest absolute Gasteiger partial charge is 0.366 e. The van der Waals surface area contributed by atoms with Gasteiger partial charge in [-0.15, -0.1) is 5.10 Å². The molecule has 1 aromatic heterocycles. The molecule has 0 atom stereocenters. The molecule has 0 unspecified atom stereocenters. The lowest BCUT2D eigenvalue weighted by atomic mass is 10.1. The van der Waals surface area contributed by atoms with Crippen LogP contribution in [-0.4, -0.2) is 26.7 Å². The van der Waals surface area contributed by atoms with Crippen LogP contribution in [0.3, 0.4) is 0 Å². The Hall–Kier alpha value is -1.11. The van der Waals surface area contributed by atoms with E-state index in [0.29, 0.717) is 10.8 Å². The summed E-state index contributed by atoms with van der Waals surface area (Å²) in [6.45, 7) is 0.154. The normalized spacial score (nSPS) is 17.4. The van der Waals surface area contributed by atoms with Crippen molar-refractivity contribution in [2.24, 2.45) is 0 Å². The van der Waals surface area contributed by atoms with Gasteiger partial charge in [0.1, 0.15) is 6.54 Å². The summed E-state index contributed by atoms with van der Waals surface area (Å²) in [4.78, 5) is 15.8. The summed E-state index contributed by atoms with van der Waals surface area (Å²) < 4.78 is 1.94. The molecule has 0 aliphatic heterocycles. The summed E-state index contributed by atoms with van der Waals surface area (Å²) in [5, 5.41) is 6.99. The number of nitrogen functional groups attached to an aromatic ring is 1. The number of halogens is 1. The number of anilines is 1. The van der Waals surface area contributed by atoms with Crippen LogP contribution in [0.25, 0.3) is 0 Å². The Morgan fingerprint density at radius 1 is 1.39 bits per heavy atom. The fourth-order valence-corrected chi connectivity index (χ4v) is 2.66. The third-order valence-electron chi connectivity index (χ3n) is 3.16. The maximum atomic E-state index is 11.9. The van der Waals surface area contributed by atoms with Crippen LogP contribution in [0.5, 0.6) is 0 Å². The minimum absolute atomic E-state index is 0.0347. The molecule has 2 rings (SSSR count). The van der Waals surface area contributed by atoms with Gasteiger partial charge in [0, 0.05) is 6.04 Å². The molecular weight excluding hydrogens is 298 g/mol. The molecule has 6 nitrogen and oxygen atoms in total. The Bertz CT molecular complexity index is 412. The molecule has 100 valence electrons. The molecule has 18 heavy (non-hydrogen) atoms. The van der Waals surface area contributed by atoms with Crippen molar-refractivity contribution in [3.05, 3.63) is 4.73 Å². The minimum atomic E-state index is -0.0347. The molecule has 1 fully saturated rings. The Balaban J connectivity index is 1.86. The molecule has 1 amide bonds. The number of nitrogens with zero attached hydrogens (tertiary/aromatic N) is 3. The maximum absolute atomic E-state index is 11.9. The number of hydrogen-bond donors (Lipinski definition) is 2. The van der Waals surface area contributed by atoms with E-state index >= 15 is 0 Å². The van der Waals surface area contributed by atoms with E-state index in [4.69, 9.17) is 5.73 Å². The van der Waals surface area contributed by atoms with Gasteiger partial charge in [-0.1, -0.05) is 25.7 Å². The second kappa shape index (κ2) is 6.17. The van der Waals surface area contributed by atoms with Crippen molar-refractivity contribution in [3.8, 4) is 0 Å². The molecule has 0 radical (unpaired) electrons. The third kappa shape index (κ3) is 3.69. The van der Waals surface area contributed by atoms with Crippen LogP contribution in [0, 0.1) is 0 Å². The zero-order chi connectivity index (χ0) is 13.0. The van der Waals surface area contributed by atoms with Gasteiger partial charge in [-0.05, 0) is 28.8 Å². The lowest BCUT2D eigenvalue weighted by Gasteiger charge is -2.16. The van der Waals surface area contributed by atoms with Crippen LogP contribution >= 0.6 is 15.9 Å².